The quantitative estimate of drug-likeness (QED) is 0.761. The van der Waals surface area contributed by atoms with Gasteiger partial charge in [0.05, 0.1) is 6.04 Å². The van der Waals surface area contributed by atoms with E-state index in [0.717, 1.165) is 30.5 Å². The van der Waals surface area contributed by atoms with E-state index in [0.29, 0.717) is 17.1 Å². The van der Waals surface area contributed by atoms with Crippen LogP contribution in [-0.2, 0) is 0 Å². The summed E-state index contributed by atoms with van der Waals surface area (Å²) in [5.74, 6) is 0.580. The number of hydrogen-bond donors (Lipinski definition) is 1. The van der Waals surface area contributed by atoms with Gasteiger partial charge in [0, 0.05) is 24.5 Å². The number of rotatable bonds is 3. The van der Waals surface area contributed by atoms with E-state index in [-0.39, 0.29) is 12.1 Å². The molecular weight excluding hydrogens is 328 g/mol. The van der Waals surface area contributed by atoms with Crippen LogP contribution < -0.4 is 5.32 Å². The molecule has 0 bridgehead atoms. The van der Waals surface area contributed by atoms with E-state index < -0.39 is 0 Å². The van der Waals surface area contributed by atoms with Gasteiger partial charge in [-0.2, -0.15) is 0 Å². The highest BCUT2D eigenvalue weighted by molar-refractivity contribution is 5.94. The van der Waals surface area contributed by atoms with Gasteiger partial charge in [0.15, 0.2) is 5.76 Å². The second kappa shape index (κ2) is 7.00. The summed E-state index contributed by atoms with van der Waals surface area (Å²) in [5, 5.41) is 7.05. The third-order valence-corrected chi connectivity index (χ3v) is 4.74. The van der Waals surface area contributed by atoms with Crippen molar-refractivity contribution >= 4 is 11.7 Å². The Morgan fingerprint density at radius 2 is 1.96 bits per heavy atom. The molecular formula is C20H20N4O2. The van der Waals surface area contributed by atoms with Gasteiger partial charge in [0.25, 0.3) is 0 Å². The van der Waals surface area contributed by atoms with Gasteiger partial charge in [-0.25, -0.2) is 4.79 Å². The Morgan fingerprint density at radius 1 is 1.19 bits per heavy atom. The Labute approximate surface area is 151 Å². The van der Waals surface area contributed by atoms with Crippen LogP contribution in [0.25, 0.3) is 11.3 Å². The maximum Gasteiger partial charge on any atom is 0.322 e. The molecule has 1 fully saturated rings. The molecule has 6 nitrogen and oxygen atoms in total. The van der Waals surface area contributed by atoms with Crippen molar-refractivity contribution in [2.45, 2.75) is 25.8 Å². The van der Waals surface area contributed by atoms with Crippen molar-refractivity contribution < 1.29 is 9.32 Å². The summed E-state index contributed by atoms with van der Waals surface area (Å²) in [6.07, 6.45) is 5.46. The van der Waals surface area contributed by atoms with Gasteiger partial charge >= 0.3 is 6.03 Å². The third-order valence-electron chi connectivity index (χ3n) is 4.74. The molecule has 3 heterocycles. The lowest BCUT2D eigenvalue weighted by Crippen LogP contribution is -2.34. The lowest BCUT2D eigenvalue weighted by atomic mass is 10.1. The van der Waals surface area contributed by atoms with Crippen LogP contribution in [0.3, 0.4) is 0 Å². The maximum atomic E-state index is 13.0. The normalized spacial score (nSPS) is 16.7. The highest BCUT2D eigenvalue weighted by atomic mass is 16.5. The summed E-state index contributed by atoms with van der Waals surface area (Å²) in [5.41, 5.74) is 3.28. The SMILES string of the molecule is Cc1noc(-c2ccccc2)c1NC(=O)N1CCC[C@H]1c1ccncc1. The predicted molar refractivity (Wildman–Crippen MR) is 98.6 cm³/mol. The molecule has 0 radical (unpaired) electrons. The first-order valence-corrected chi connectivity index (χ1v) is 8.73. The zero-order chi connectivity index (χ0) is 17.9. The molecule has 3 aromatic rings. The number of urea groups is 1. The van der Waals surface area contributed by atoms with Gasteiger partial charge in [-0.3, -0.25) is 4.98 Å². The van der Waals surface area contributed by atoms with Crippen molar-refractivity contribution in [2.24, 2.45) is 0 Å². The fourth-order valence-electron chi connectivity index (χ4n) is 3.42. The number of nitrogens with zero attached hydrogens (tertiary/aromatic N) is 3. The first-order valence-electron chi connectivity index (χ1n) is 8.73. The van der Waals surface area contributed by atoms with Gasteiger partial charge in [0.1, 0.15) is 11.4 Å². The van der Waals surface area contributed by atoms with Crippen molar-refractivity contribution in [3.63, 3.8) is 0 Å². The third kappa shape index (κ3) is 3.06. The molecule has 1 aliphatic heterocycles. The van der Waals surface area contributed by atoms with Crippen molar-refractivity contribution in [3.05, 3.63) is 66.1 Å². The zero-order valence-corrected chi connectivity index (χ0v) is 14.6. The summed E-state index contributed by atoms with van der Waals surface area (Å²) < 4.78 is 5.46. The van der Waals surface area contributed by atoms with E-state index in [1.807, 2.05) is 54.3 Å². The molecule has 0 unspecified atom stereocenters. The molecule has 2 amide bonds. The minimum atomic E-state index is -0.132. The first kappa shape index (κ1) is 16.3. The number of aryl methyl sites for hydroxylation is 1. The first-order chi connectivity index (χ1) is 12.7. The molecule has 1 atom stereocenters. The summed E-state index contributed by atoms with van der Waals surface area (Å²) >= 11 is 0. The highest BCUT2D eigenvalue weighted by Gasteiger charge is 2.31. The number of carbonyl (C=O) groups excluding carboxylic acids is 1. The average molecular weight is 348 g/mol. The Balaban J connectivity index is 1.58. The maximum absolute atomic E-state index is 13.0. The van der Waals surface area contributed by atoms with E-state index in [4.69, 9.17) is 4.52 Å². The van der Waals surface area contributed by atoms with Gasteiger partial charge in [0.2, 0.25) is 0 Å². The van der Waals surface area contributed by atoms with Crippen molar-refractivity contribution in [1.82, 2.24) is 15.0 Å². The lowest BCUT2D eigenvalue weighted by molar-refractivity contribution is 0.207. The number of nitrogens with one attached hydrogen (secondary N) is 1. The molecule has 1 aliphatic rings. The van der Waals surface area contributed by atoms with Crippen LogP contribution in [0.1, 0.15) is 30.1 Å². The number of amides is 2. The lowest BCUT2D eigenvalue weighted by Gasteiger charge is -2.25. The minimum Gasteiger partial charge on any atom is -0.354 e. The van der Waals surface area contributed by atoms with Crippen LogP contribution in [0.5, 0.6) is 0 Å². The fourth-order valence-corrected chi connectivity index (χ4v) is 3.42. The predicted octanol–water partition coefficient (Wildman–Crippen LogP) is 4.41. The molecule has 6 heteroatoms. The Hall–Kier alpha value is -3.15. The molecule has 0 spiro atoms. The Morgan fingerprint density at radius 3 is 2.73 bits per heavy atom. The number of hydrogen-bond acceptors (Lipinski definition) is 4. The van der Waals surface area contributed by atoms with Gasteiger partial charge < -0.3 is 14.7 Å². The average Bonchev–Trinajstić information content (AvgIpc) is 3.31. The number of likely N-dealkylation sites (tertiary alicyclic amines) is 1. The molecule has 1 N–H and O–H groups in total. The van der Waals surface area contributed by atoms with E-state index >= 15 is 0 Å². The molecule has 2 aromatic heterocycles. The highest BCUT2D eigenvalue weighted by Crippen LogP contribution is 2.34. The number of anilines is 1. The summed E-state index contributed by atoms with van der Waals surface area (Å²) in [4.78, 5) is 18.9. The van der Waals surface area contributed by atoms with E-state index in [1.54, 1.807) is 12.4 Å². The number of carbonyl (C=O) groups is 1. The minimum absolute atomic E-state index is 0.0679. The smallest absolute Gasteiger partial charge is 0.322 e. The van der Waals surface area contributed by atoms with Crippen LogP contribution in [0.15, 0.2) is 59.4 Å². The van der Waals surface area contributed by atoms with Gasteiger partial charge in [-0.1, -0.05) is 35.5 Å². The molecule has 1 saturated heterocycles. The fraction of sp³-hybridized carbons (Fsp3) is 0.250. The number of benzene rings is 1. The van der Waals surface area contributed by atoms with E-state index in [9.17, 15) is 4.79 Å². The standard InChI is InChI=1S/C20H20N4O2/c1-14-18(19(26-23-14)16-6-3-2-4-7-16)22-20(25)24-13-5-8-17(24)15-9-11-21-12-10-15/h2-4,6-7,9-12,17H,5,8,13H2,1H3,(H,22,25)/t17-/m0/s1. The van der Waals surface area contributed by atoms with Crippen LogP contribution >= 0.6 is 0 Å². The number of pyridine rings is 1. The number of aromatic nitrogens is 2. The van der Waals surface area contributed by atoms with Crippen molar-refractivity contribution in [1.29, 1.82) is 0 Å². The monoisotopic (exact) mass is 348 g/mol. The van der Waals surface area contributed by atoms with Crippen LogP contribution in [0, 0.1) is 6.92 Å². The van der Waals surface area contributed by atoms with Gasteiger partial charge in [-0.05, 0) is 37.5 Å². The van der Waals surface area contributed by atoms with Crippen LogP contribution in [0.2, 0.25) is 0 Å². The summed E-state index contributed by atoms with van der Waals surface area (Å²) in [7, 11) is 0. The summed E-state index contributed by atoms with van der Waals surface area (Å²) in [6.45, 7) is 2.56. The van der Waals surface area contributed by atoms with Crippen LogP contribution in [-0.4, -0.2) is 27.6 Å². The molecule has 26 heavy (non-hydrogen) atoms. The van der Waals surface area contributed by atoms with Crippen molar-refractivity contribution in [2.75, 3.05) is 11.9 Å². The molecule has 132 valence electrons. The van der Waals surface area contributed by atoms with E-state index in [1.165, 1.54) is 0 Å². The van der Waals surface area contributed by atoms with Crippen LogP contribution in [0.4, 0.5) is 10.5 Å². The largest absolute Gasteiger partial charge is 0.354 e. The second-order valence-corrected chi connectivity index (χ2v) is 6.40. The topological polar surface area (TPSA) is 71.3 Å². The molecule has 0 saturated carbocycles. The molecule has 1 aromatic carbocycles. The summed E-state index contributed by atoms with van der Waals surface area (Å²) in [6, 6.07) is 13.5. The molecule has 4 rings (SSSR count). The Kier molecular flexibility index (Phi) is 4.39. The molecule has 0 aliphatic carbocycles. The second-order valence-electron chi connectivity index (χ2n) is 6.40. The van der Waals surface area contributed by atoms with Gasteiger partial charge in [-0.15, -0.1) is 0 Å². The Bertz CT molecular complexity index is 893. The van der Waals surface area contributed by atoms with E-state index in [2.05, 4.69) is 15.5 Å². The zero-order valence-electron chi connectivity index (χ0n) is 14.6. The van der Waals surface area contributed by atoms with Crippen molar-refractivity contribution in [3.8, 4) is 11.3 Å².